The first-order valence-electron chi connectivity index (χ1n) is 16.6. The summed E-state index contributed by atoms with van der Waals surface area (Å²) in [6, 6.07) is 36.9. The third-order valence-corrected chi connectivity index (χ3v) is 7.93. The molecule has 236 valence electrons. The summed E-state index contributed by atoms with van der Waals surface area (Å²) in [5, 5.41) is 0. The summed E-state index contributed by atoms with van der Waals surface area (Å²) < 4.78 is 0. The van der Waals surface area contributed by atoms with Crippen LogP contribution in [-0.2, 0) is 0 Å². The van der Waals surface area contributed by atoms with Crippen LogP contribution >= 0.6 is 0 Å². The second-order valence-electron chi connectivity index (χ2n) is 11.5. The van der Waals surface area contributed by atoms with E-state index in [4.69, 9.17) is 15.0 Å². The Morgan fingerprint density at radius 3 is 1.57 bits per heavy atom. The van der Waals surface area contributed by atoms with Crippen LogP contribution in [0.4, 0.5) is 5.69 Å². The van der Waals surface area contributed by atoms with Gasteiger partial charge in [-0.3, -0.25) is 0 Å². The van der Waals surface area contributed by atoms with Gasteiger partial charge in [-0.15, -0.1) is 0 Å². The van der Waals surface area contributed by atoms with Gasteiger partial charge in [0.25, 0.3) is 0 Å². The van der Waals surface area contributed by atoms with E-state index in [0.29, 0.717) is 23.4 Å². The van der Waals surface area contributed by atoms with E-state index < -0.39 is 0 Å². The molecule has 0 aliphatic heterocycles. The average molecular weight is 617 g/mol. The molecule has 4 heteroatoms. The van der Waals surface area contributed by atoms with Crippen molar-refractivity contribution in [2.75, 3.05) is 4.90 Å². The van der Waals surface area contributed by atoms with Crippen molar-refractivity contribution in [3.63, 3.8) is 0 Å². The van der Waals surface area contributed by atoms with Gasteiger partial charge in [0.1, 0.15) is 0 Å². The molecular weight excluding hydrogens is 573 g/mol. The highest BCUT2D eigenvalue weighted by molar-refractivity contribution is 5.68. The molecule has 1 heterocycles. The van der Waals surface area contributed by atoms with Gasteiger partial charge >= 0.3 is 0 Å². The Hall–Kier alpha value is -5.35. The summed E-state index contributed by atoms with van der Waals surface area (Å²) in [6.07, 6.45) is 15.8. The van der Waals surface area contributed by atoms with Crippen molar-refractivity contribution < 1.29 is 0 Å². The molecule has 0 fully saturated rings. The first-order valence-corrected chi connectivity index (χ1v) is 16.6. The number of allylic oxidation sites excluding steroid dienone is 6. The van der Waals surface area contributed by atoms with Crippen molar-refractivity contribution in [3.05, 3.63) is 168 Å². The lowest BCUT2D eigenvalue weighted by Crippen LogP contribution is -2.21. The number of aryl methyl sites for hydroxylation is 2. The van der Waals surface area contributed by atoms with Gasteiger partial charge < -0.3 is 4.90 Å². The molecule has 1 unspecified atom stereocenters. The van der Waals surface area contributed by atoms with Crippen LogP contribution in [0.1, 0.15) is 44.7 Å². The lowest BCUT2D eigenvalue weighted by Gasteiger charge is -2.29. The number of nitrogens with zero attached hydrogens (tertiary/aromatic N) is 4. The summed E-state index contributed by atoms with van der Waals surface area (Å²) in [7, 11) is 0. The molecule has 0 bridgehead atoms. The Morgan fingerprint density at radius 2 is 1.09 bits per heavy atom. The molecule has 0 N–H and O–H groups in total. The molecule has 4 aromatic carbocycles. The lowest BCUT2D eigenvalue weighted by atomic mass is 10.00. The fourth-order valence-electron chi connectivity index (χ4n) is 5.38. The van der Waals surface area contributed by atoms with Gasteiger partial charge in [-0.25, -0.2) is 15.0 Å². The fraction of sp³-hybridized carbons (Fsp3) is 0.186. The summed E-state index contributed by atoms with van der Waals surface area (Å²) in [5.41, 5.74) is 9.31. The van der Waals surface area contributed by atoms with Gasteiger partial charge in [0.05, 0.1) is 0 Å². The maximum atomic E-state index is 4.71. The molecule has 0 spiro atoms. The minimum atomic E-state index is 0.644. The Balaban J connectivity index is 0.000000179. The van der Waals surface area contributed by atoms with E-state index in [1.54, 1.807) is 0 Å². The molecule has 2 aliphatic carbocycles. The highest BCUT2D eigenvalue weighted by atomic mass is 15.2. The van der Waals surface area contributed by atoms with Crippen LogP contribution in [0.5, 0.6) is 0 Å². The van der Waals surface area contributed by atoms with E-state index in [9.17, 15) is 0 Å². The Morgan fingerprint density at radius 1 is 0.574 bits per heavy atom. The van der Waals surface area contributed by atoms with Crippen molar-refractivity contribution in [3.8, 4) is 34.2 Å². The summed E-state index contributed by atoms with van der Waals surface area (Å²) in [5.74, 6) is 2.70. The van der Waals surface area contributed by atoms with Crippen molar-refractivity contribution in [1.82, 2.24) is 15.0 Å². The van der Waals surface area contributed by atoms with E-state index in [-0.39, 0.29) is 0 Å². The Labute approximate surface area is 280 Å². The maximum absolute atomic E-state index is 4.71. The number of hydrogen-bond acceptors (Lipinski definition) is 4. The fourth-order valence-corrected chi connectivity index (χ4v) is 5.38. The first-order chi connectivity index (χ1) is 23.0. The predicted molar refractivity (Wildman–Crippen MR) is 199 cm³/mol. The topological polar surface area (TPSA) is 41.9 Å². The maximum Gasteiger partial charge on any atom is 0.164 e. The number of anilines is 1. The zero-order valence-electron chi connectivity index (χ0n) is 28.1. The van der Waals surface area contributed by atoms with Crippen molar-refractivity contribution in [2.24, 2.45) is 5.92 Å². The lowest BCUT2D eigenvalue weighted by molar-refractivity contribution is 0.727. The van der Waals surface area contributed by atoms with E-state index in [2.05, 4.69) is 98.5 Å². The summed E-state index contributed by atoms with van der Waals surface area (Å²) >= 11 is 0. The van der Waals surface area contributed by atoms with Crippen LogP contribution in [0.25, 0.3) is 34.2 Å². The van der Waals surface area contributed by atoms with Crippen LogP contribution in [0.2, 0.25) is 0 Å². The molecule has 7 rings (SSSR count). The van der Waals surface area contributed by atoms with E-state index in [1.807, 2.05) is 86.6 Å². The largest absolute Gasteiger partial charge is 0.311 e. The smallest absolute Gasteiger partial charge is 0.164 e. The van der Waals surface area contributed by atoms with Gasteiger partial charge in [0, 0.05) is 33.8 Å². The van der Waals surface area contributed by atoms with Gasteiger partial charge in [0.2, 0.25) is 0 Å². The van der Waals surface area contributed by atoms with Crippen molar-refractivity contribution in [1.29, 1.82) is 0 Å². The summed E-state index contributed by atoms with van der Waals surface area (Å²) in [6.45, 7) is 10.5. The monoisotopic (exact) mass is 616 g/mol. The molecular formula is C43H44N4. The van der Waals surface area contributed by atoms with Crippen LogP contribution in [-0.4, -0.2) is 15.0 Å². The Kier molecular flexibility index (Phi) is 11.4. The van der Waals surface area contributed by atoms with Crippen LogP contribution in [0, 0.1) is 19.8 Å². The van der Waals surface area contributed by atoms with Crippen molar-refractivity contribution >= 4 is 5.69 Å². The van der Waals surface area contributed by atoms with Crippen LogP contribution in [0.15, 0.2) is 157 Å². The number of para-hydroxylation sites is 1. The summed E-state index contributed by atoms with van der Waals surface area (Å²) in [4.78, 5) is 16.5. The average Bonchev–Trinajstić information content (AvgIpc) is 3.67. The quantitative estimate of drug-likeness (QED) is 0.190. The molecule has 0 saturated carbocycles. The molecule has 1 atom stereocenters. The minimum absolute atomic E-state index is 0.644. The van der Waals surface area contributed by atoms with E-state index in [0.717, 1.165) is 29.5 Å². The van der Waals surface area contributed by atoms with Crippen molar-refractivity contribution in [2.45, 2.75) is 47.5 Å². The molecule has 0 amide bonds. The molecule has 47 heavy (non-hydrogen) atoms. The van der Waals surface area contributed by atoms with E-state index in [1.165, 1.54) is 28.2 Å². The molecule has 1 aromatic heterocycles. The Bertz CT molecular complexity index is 1810. The normalized spacial score (nSPS) is 14.6. The molecule has 4 nitrogen and oxygen atoms in total. The zero-order chi connectivity index (χ0) is 33.0. The van der Waals surface area contributed by atoms with Crippen LogP contribution in [0.3, 0.4) is 0 Å². The highest BCUT2D eigenvalue weighted by Crippen LogP contribution is 2.33. The number of rotatable bonds is 6. The minimum Gasteiger partial charge on any atom is -0.311 e. The van der Waals surface area contributed by atoms with Gasteiger partial charge in [0.15, 0.2) is 17.5 Å². The molecule has 0 radical (unpaired) electrons. The SMILES string of the molecule is CC.Cc1ccc(-c2nc(-c3ccccc3)nc(-c3ccccc3)n2)cc1.Cc1ccccc1N(C1=CCC=C1)C1=CCC(C)C=C1. The third-order valence-electron chi connectivity index (χ3n) is 7.93. The molecule has 0 saturated heterocycles. The first kappa shape index (κ1) is 33.0. The number of aromatic nitrogens is 3. The van der Waals surface area contributed by atoms with E-state index >= 15 is 0 Å². The molecule has 2 aliphatic rings. The number of benzene rings is 4. The predicted octanol–water partition coefficient (Wildman–Crippen LogP) is 11.3. The standard InChI is InChI=1S/C22H17N3.C19H21N.C2H6/c1-16-12-14-19(15-13-16)22-24-20(17-8-4-2-5-9-17)23-21(25-22)18-10-6-3-7-11-18;1-15-11-13-18(14-12-15)20(17-8-4-5-9-17)19-10-6-3-7-16(19)2;1-2/h2-15H,1H3;3-4,6-11,13-15H,5,12H2,1-2H3;1-2H3. The second kappa shape index (κ2) is 16.3. The van der Waals surface area contributed by atoms with Gasteiger partial charge in [-0.2, -0.15) is 0 Å². The van der Waals surface area contributed by atoms with Gasteiger partial charge in [-0.1, -0.05) is 154 Å². The third kappa shape index (κ3) is 8.47. The zero-order valence-corrected chi connectivity index (χ0v) is 28.1. The second-order valence-corrected chi connectivity index (χ2v) is 11.5. The molecule has 5 aromatic rings. The highest BCUT2D eigenvalue weighted by Gasteiger charge is 2.18. The number of hydrogen-bond donors (Lipinski definition) is 0. The van der Waals surface area contributed by atoms with Crippen LogP contribution < -0.4 is 4.90 Å². The van der Waals surface area contributed by atoms with Gasteiger partial charge in [-0.05, 0) is 56.4 Å².